The smallest absolute Gasteiger partial charge is 0.257 e. The minimum Gasteiger partial charge on any atom is -0.483 e. The van der Waals surface area contributed by atoms with Crippen LogP contribution in [-0.4, -0.2) is 43.4 Å². The number of aryl methyl sites for hydroxylation is 3. The molecular formula is C16H25ClN2O3. The molecule has 1 saturated heterocycles. The van der Waals surface area contributed by atoms with E-state index in [0.29, 0.717) is 13.1 Å². The summed E-state index contributed by atoms with van der Waals surface area (Å²) < 4.78 is 5.64. The fraction of sp³-hybridized carbons (Fsp3) is 0.562. The van der Waals surface area contributed by atoms with Crippen LogP contribution in [0.25, 0.3) is 0 Å². The molecule has 3 N–H and O–H groups in total. The number of aliphatic hydroxyl groups excluding tert-OH is 1. The zero-order chi connectivity index (χ0) is 15.4. The molecule has 1 amide bonds. The standard InChI is InChI=1S/C16H24N2O3.ClH/c1-10-4-11(2)16(12(3)5-10)21-9-15(20)18-7-13-6-17-8-14(13)19;/h4-5,13-14,17,19H,6-9H2,1-3H3,(H,18,20);1H. The molecule has 6 heteroatoms. The molecule has 0 aliphatic carbocycles. The quantitative estimate of drug-likeness (QED) is 0.757. The summed E-state index contributed by atoms with van der Waals surface area (Å²) in [4.78, 5) is 11.8. The molecule has 0 bridgehead atoms. The Morgan fingerprint density at radius 1 is 1.32 bits per heavy atom. The molecule has 1 aromatic carbocycles. The Kier molecular flexibility index (Phi) is 7.13. The maximum atomic E-state index is 11.8. The van der Waals surface area contributed by atoms with E-state index in [0.717, 1.165) is 23.4 Å². The summed E-state index contributed by atoms with van der Waals surface area (Å²) in [7, 11) is 0. The van der Waals surface area contributed by atoms with Gasteiger partial charge in [-0.3, -0.25) is 4.79 Å². The summed E-state index contributed by atoms with van der Waals surface area (Å²) in [6, 6.07) is 4.08. The van der Waals surface area contributed by atoms with Gasteiger partial charge in [0.25, 0.3) is 5.91 Å². The molecule has 5 nitrogen and oxygen atoms in total. The molecule has 2 rings (SSSR count). The predicted molar refractivity (Wildman–Crippen MR) is 88.8 cm³/mol. The van der Waals surface area contributed by atoms with Crippen molar-refractivity contribution >= 4 is 18.3 Å². The summed E-state index contributed by atoms with van der Waals surface area (Å²) in [5, 5.41) is 15.6. The Bertz CT molecular complexity index is 499. The number of hydrogen-bond donors (Lipinski definition) is 3. The van der Waals surface area contributed by atoms with E-state index in [1.807, 2.05) is 32.9 Å². The van der Waals surface area contributed by atoms with Crippen molar-refractivity contribution in [3.8, 4) is 5.75 Å². The number of ether oxygens (including phenoxy) is 1. The van der Waals surface area contributed by atoms with Crippen molar-refractivity contribution in [2.45, 2.75) is 26.9 Å². The van der Waals surface area contributed by atoms with Crippen LogP contribution in [0.2, 0.25) is 0 Å². The minimum atomic E-state index is -0.382. The third kappa shape index (κ3) is 4.87. The van der Waals surface area contributed by atoms with E-state index in [1.54, 1.807) is 0 Å². The van der Waals surface area contributed by atoms with E-state index in [9.17, 15) is 9.90 Å². The molecule has 2 unspecified atom stereocenters. The molecule has 0 radical (unpaired) electrons. The Morgan fingerprint density at radius 2 is 1.95 bits per heavy atom. The first-order chi connectivity index (χ1) is 9.97. The average Bonchev–Trinajstić information content (AvgIpc) is 2.80. The maximum Gasteiger partial charge on any atom is 0.257 e. The summed E-state index contributed by atoms with van der Waals surface area (Å²) in [5.41, 5.74) is 3.26. The van der Waals surface area contributed by atoms with E-state index in [2.05, 4.69) is 10.6 Å². The molecule has 1 aromatic rings. The highest BCUT2D eigenvalue weighted by Gasteiger charge is 2.25. The number of hydrogen-bond acceptors (Lipinski definition) is 4. The lowest BCUT2D eigenvalue weighted by Gasteiger charge is -2.16. The van der Waals surface area contributed by atoms with Crippen LogP contribution in [0.3, 0.4) is 0 Å². The van der Waals surface area contributed by atoms with Crippen LogP contribution in [0.5, 0.6) is 5.75 Å². The third-order valence-electron chi connectivity index (χ3n) is 3.82. The van der Waals surface area contributed by atoms with Crippen molar-refractivity contribution in [1.82, 2.24) is 10.6 Å². The molecule has 1 aliphatic heterocycles. The van der Waals surface area contributed by atoms with Gasteiger partial charge in [-0.15, -0.1) is 12.4 Å². The van der Waals surface area contributed by atoms with Gasteiger partial charge in [-0.05, 0) is 31.9 Å². The average molecular weight is 329 g/mol. The highest BCUT2D eigenvalue weighted by molar-refractivity contribution is 5.85. The van der Waals surface area contributed by atoms with Crippen LogP contribution >= 0.6 is 12.4 Å². The number of carbonyl (C=O) groups is 1. The Labute approximate surface area is 137 Å². The van der Waals surface area contributed by atoms with Crippen LogP contribution in [0.4, 0.5) is 0 Å². The molecular weight excluding hydrogens is 304 g/mol. The molecule has 1 heterocycles. The maximum absolute atomic E-state index is 11.8. The van der Waals surface area contributed by atoms with Crippen molar-refractivity contribution in [2.75, 3.05) is 26.2 Å². The summed E-state index contributed by atoms with van der Waals surface area (Å²) in [6.45, 7) is 7.81. The molecule has 22 heavy (non-hydrogen) atoms. The van der Waals surface area contributed by atoms with Gasteiger partial charge in [0.2, 0.25) is 0 Å². The van der Waals surface area contributed by atoms with Crippen LogP contribution in [0.15, 0.2) is 12.1 Å². The normalized spacial score (nSPS) is 20.4. The second-order valence-electron chi connectivity index (χ2n) is 5.81. The molecule has 124 valence electrons. The topological polar surface area (TPSA) is 70.6 Å². The second-order valence-corrected chi connectivity index (χ2v) is 5.81. The van der Waals surface area contributed by atoms with Gasteiger partial charge >= 0.3 is 0 Å². The number of halogens is 1. The number of β-amino-alcohol motifs (C(OH)–C–C–N with tert-alkyl or cyclic N) is 1. The minimum absolute atomic E-state index is 0. The van der Waals surface area contributed by atoms with Crippen molar-refractivity contribution in [3.05, 3.63) is 28.8 Å². The summed E-state index contributed by atoms with van der Waals surface area (Å²) >= 11 is 0. The van der Waals surface area contributed by atoms with Crippen molar-refractivity contribution < 1.29 is 14.6 Å². The lowest BCUT2D eigenvalue weighted by molar-refractivity contribution is -0.123. The lowest BCUT2D eigenvalue weighted by atomic mass is 10.1. The van der Waals surface area contributed by atoms with Gasteiger partial charge in [0.15, 0.2) is 6.61 Å². The van der Waals surface area contributed by atoms with Crippen molar-refractivity contribution in [3.63, 3.8) is 0 Å². The number of nitrogens with one attached hydrogen (secondary N) is 2. The SMILES string of the molecule is Cc1cc(C)c(OCC(=O)NCC2CNCC2O)c(C)c1.Cl. The van der Waals surface area contributed by atoms with Crippen LogP contribution in [0.1, 0.15) is 16.7 Å². The van der Waals surface area contributed by atoms with Gasteiger partial charge in [0.1, 0.15) is 5.75 Å². The number of benzene rings is 1. The summed E-state index contributed by atoms with van der Waals surface area (Å²) in [6.07, 6.45) is -0.382. The van der Waals surface area contributed by atoms with Gasteiger partial charge in [-0.2, -0.15) is 0 Å². The highest BCUT2D eigenvalue weighted by Crippen LogP contribution is 2.24. The zero-order valence-corrected chi connectivity index (χ0v) is 14.1. The van der Waals surface area contributed by atoms with Crippen LogP contribution in [-0.2, 0) is 4.79 Å². The van der Waals surface area contributed by atoms with Crippen molar-refractivity contribution in [2.24, 2.45) is 5.92 Å². The Balaban J connectivity index is 0.00000242. The van der Waals surface area contributed by atoms with Gasteiger partial charge < -0.3 is 20.5 Å². The Hall–Kier alpha value is -1.30. The number of rotatable bonds is 5. The first kappa shape index (κ1) is 18.7. The van der Waals surface area contributed by atoms with Crippen LogP contribution < -0.4 is 15.4 Å². The zero-order valence-electron chi connectivity index (χ0n) is 13.3. The molecule has 0 aromatic heterocycles. The van der Waals surface area contributed by atoms with E-state index in [-0.39, 0.29) is 36.9 Å². The number of carbonyl (C=O) groups excluding carboxylic acids is 1. The van der Waals surface area contributed by atoms with Crippen LogP contribution in [0, 0.1) is 26.7 Å². The van der Waals surface area contributed by atoms with Crippen molar-refractivity contribution in [1.29, 1.82) is 0 Å². The molecule has 1 fully saturated rings. The monoisotopic (exact) mass is 328 g/mol. The second kappa shape index (κ2) is 8.36. The lowest BCUT2D eigenvalue weighted by Crippen LogP contribution is -2.36. The molecule has 1 aliphatic rings. The van der Waals surface area contributed by atoms with Gasteiger partial charge in [-0.1, -0.05) is 17.7 Å². The van der Waals surface area contributed by atoms with Gasteiger partial charge in [-0.25, -0.2) is 0 Å². The van der Waals surface area contributed by atoms with Gasteiger partial charge in [0.05, 0.1) is 6.10 Å². The summed E-state index contributed by atoms with van der Waals surface area (Å²) in [5.74, 6) is 0.698. The number of aliphatic hydroxyl groups is 1. The molecule has 0 saturated carbocycles. The first-order valence-electron chi connectivity index (χ1n) is 7.33. The third-order valence-corrected chi connectivity index (χ3v) is 3.82. The first-order valence-corrected chi connectivity index (χ1v) is 7.33. The highest BCUT2D eigenvalue weighted by atomic mass is 35.5. The van der Waals surface area contributed by atoms with E-state index < -0.39 is 0 Å². The predicted octanol–water partition coefficient (Wildman–Crippen LogP) is 1.11. The fourth-order valence-corrected chi connectivity index (χ4v) is 2.76. The van der Waals surface area contributed by atoms with E-state index in [1.165, 1.54) is 5.56 Å². The van der Waals surface area contributed by atoms with Gasteiger partial charge in [0, 0.05) is 25.6 Å². The molecule has 0 spiro atoms. The number of amides is 1. The Morgan fingerprint density at radius 3 is 2.50 bits per heavy atom. The van der Waals surface area contributed by atoms with E-state index >= 15 is 0 Å². The largest absolute Gasteiger partial charge is 0.483 e. The van der Waals surface area contributed by atoms with E-state index in [4.69, 9.17) is 4.74 Å². The fourth-order valence-electron chi connectivity index (χ4n) is 2.76. The molecule has 2 atom stereocenters.